The molecule has 1 rings (SSSR count). The molecular weight excluding hydrogens is 506 g/mol. The Balaban J connectivity index is 3.06. The molecule has 6 atom stereocenters. The zero-order chi connectivity index (χ0) is 30.7. The Morgan fingerprint density at radius 2 is 1.55 bits per heavy atom. The zero-order valence-electron chi connectivity index (χ0n) is 26.6. The maximum Gasteiger partial charge on any atom is 0.335 e. The fourth-order valence-electron chi connectivity index (χ4n) is 6.01. The summed E-state index contributed by atoms with van der Waals surface area (Å²) in [7, 11) is 0. The SMILES string of the molecule is CCCC(C)C(c1ccccc1)C(C)(CCC)C(C)(C)C(=O)NCCOC(C)(CC)C(=O)C(C)OC(=O)C(C)O. The normalized spacial score (nSPS) is 18.0. The summed E-state index contributed by atoms with van der Waals surface area (Å²) in [6, 6.07) is 10.6. The molecule has 0 aliphatic rings. The molecule has 0 saturated carbocycles. The Labute approximate surface area is 242 Å². The number of ether oxygens (including phenoxy) is 2. The number of benzene rings is 1. The quantitative estimate of drug-likeness (QED) is 0.163. The highest BCUT2D eigenvalue weighted by Gasteiger charge is 2.52. The van der Waals surface area contributed by atoms with Gasteiger partial charge in [0.05, 0.1) is 6.61 Å². The highest BCUT2D eigenvalue weighted by Crippen LogP contribution is 2.56. The van der Waals surface area contributed by atoms with Crippen molar-refractivity contribution >= 4 is 17.7 Å². The van der Waals surface area contributed by atoms with Gasteiger partial charge < -0.3 is 19.9 Å². The molecule has 0 aliphatic heterocycles. The Morgan fingerprint density at radius 1 is 0.950 bits per heavy atom. The molecule has 40 heavy (non-hydrogen) atoms. The molecule has 0 aliphatic carbocycles. The van der Waals surface area contributed by atoms with Gasteiger partial charge in [0.25, 0.3) is 0 Å². The number of hydrogen-bond donors (Lipinski definition) is 2. The third kappa shape index (κ3) is 8.62. The fourth-order valence-corrected chi connectivity index (χ4v) is 6.01. The Hall–Kier alpha value is -2.25. The van der Waals surface area contributed by atoms with E-state index in [0.717, 1.165) is 25.7 Å². The smallest absolute Gasteiger partial charge is 0.335 e. The van der Waals surface area contributed by atoms with Crippen molar-refractivity contribution in [3.05, 3.63) is 35.9 Å². The Kier molecular flexibility index (Phi) is 14.0. The average Bonchev–Trinajstić information content (AvgIpc) is 2.91. The minimum atomic E-state index is -1.31. The van der Waals surface area contributed by atoms with Crippen LogP contribution in [0.4, 0.5) is 0 Å². The van der Waals surface area contributed by atoms with Gasteiger partial charge in [0.2, 0.25) is 11.7 Å². The number of hydrogen-bond acceptors (Lipinski definition) is 6. The first-order valence-electron chi connectivity index (χ1n) is 15.0. The molecule has 1 aromatic rings. The summed E-state index contributed by atoms with van der Waals surface area (Å²) in [6.07, 6.45) is 2.03. The number of Topliss-reactive ketones (excluding diaryl/α,β-unsaturated/α-hetero) is 1. The second-order valence-corrected chi connectivity index (χ2v) is 12.3. The minimum Gasteiger partial charge on any atom is -0.453 e. The van der Waals surface area contributed by atoms with Crippen molar-refractivity contribution in [3.63, 3.8) is 0 Å². The molecule has 228 valence electrons. The van der Waals surface area contributed by atoms with E-state index in [-0.39, 0.29) is 36.2 Å². The van der Waals surface area contributed by atoms with Gasteiger partial charge in [0.15, 0.2) is 6.10 Å². The first kappa shape index (κ1) is 35.8. The van der Waals surface area contributed by atoms with E-state index in [4.69, 9.17) is 9.47 Å². The van der Waals surface area contributed by atoms with Crippen LogP contribution in [-0.4, -0.2) is 53.7 Å². The van der Waals surface area contributed by atoms with Crippen molar-refractivity contribution in [2.24, 2.45) is 16.7 Å². The summed E-state index contributed by atoms with van der Waals surface area (Å²) in [6.45, 7) is 19.7. The van der Waals surface area contributed by atoms with Crippen LogP contribution < -0.4 is 5.32 Å². The lowest BCUT2D eigenvalue weighted by Crippen LogP contribution is -2.52. The van der Waals surface area contributed by atoms with Crippen LogP contribution in [-0.2, 0) is 23.9 Å². The number of carbonyl (C=O) groups excluding carboxylic acids is 3. The summed E-state index contributed by atoms with van der Waals surface area (Å²) >= 11 is 0. The molecule has 0 spiro atoms. The molecular formula is C33H55NO6. The molecule has 0 radical (unpaired) electrons. The van der Waals surface area contributed by atoms with E-state index < -0.39 is 29.2 Å². The van der Waals surface area contributed by atoms with Gasteiger partial charge >= 0.3 is 5.97 Å². The third-order valence-corrected chi connectivity index (χ3v) is 8.93. The first-order chi connectivity index (χ1) is 18.6. The van der Waals surface area contributed by atoms with Crippen LogP contribution in [0.1, 0.15) is 113 Å². The van der Waals surface area contributed by atoms with Crippen molar-refractivity contribution in [1.29, 1.82) is 0 Å². The van der Waals surface area contributed by atoms with Crippen LogP contribution >= 0.6 is 0 Å². The van der Waals surface area contributed by atoms with Crippen molar-refractivity contribution in [2.45, 2.75) is 125 Å². The summed E-state index contributed by atoms with van der Waals surface area (Å²) < 4.78 is 11.0. The molecule has 0 heterocycles. The van der Waals surface area contributed by atoms with E-state index in [1.54, 1.807) is 6.92 Å². The molecule has 1 aromatic carbocycles. The molecule has 6 unspecified atom stereocenters. The van der Waals surface area contributed by atoms with Gasteiger partial charge in [0.1, 0.15) is 11.7 Å². The topological polar surface area (TPSA) is 102 Å². The summed E-state index contributed by atoms with van der Waals surface area (Å²) in [4.78, 5) is 38.5. The minimum absolute atomic E-state index is 0.0413. The largest absolute Gasteiger partial charge is 0.453 e. The molecule has 7 heteroatoms. The molecule has 0 fully saturated rings. The second kappa shape index (κ2) is 15.7. The number of esters is 1. The van der Waals surface area contributed by atoms with Crippen molar-refractivity contribution in [1.82, 2.24) is 5.32 Å². The summed E-state index contributed by atoms with van der Waals surface area (Å²) in [5, 5.41) is 12.5. The van der Waals surface area contributed by atoms with Gasteiger partial charge in [-0.25, -0.2) is 4.79 Å². The molecule has 1 amide bonds. The number of aliphatic hydroxyl groups excluding tert-OH is 1. The van der Waals surface area contributed by atoms with Gasteiger partial charge in [-0.3, -0.25) is 9.59 Å². The molecule has 7 nitrogen and oxygen atoms in total. The van der Waals surface area contributed by atoms with Gasteiger partial charge in [0, 0.05) is 12.0 Å². The van der Waals surface area contributed by atoms with Gasteiger partial charge in [-0.15, -0.1) is 0 Å². The number of aliphatic hydroxyl groups is 1. The summed E-state index contributed by atoms with van der Waals surface area (Å²) in [5.41, 5.74) is -0.909. The van der Waals surface area contributed by atoms with E-state index in [1.165, 1.54) is 19.4 Å². The van der Waals surface area contributed by atoms with Crippen molar-refractivity contribution < 1.29 is 29.0 Å². The highest BCUT2D eigenvalue weighted by molar-refractivity contribution is 5.92. The van der Waals surface area contributed by atoms with Crippen molar-refractivity contribution in [3.8, 4) is 0 Å². The molecule has 2 N–H and O–H groups in total. The zero-order valence-corrected chi connectivity index (χ0v) is 26.6. The van der Waals surface area contributed by atoms with Gasteiger partial charge in [-0.05, 0) is 56.4 Å². The van der Waals surface area contributed by atoms with Crippen LogP contribution in [0.25, 0.3) is 0 Å². The molecule has 0 saturated heterocycles. The Morgan fingerprint density at radius 3 is 2.05 bits per heavy atom. The predicted molar refractivity (Wildman–Crippen MR) is 160 cm³/mol. The Bertz CT molecular complexity index is 946. The van der Waals surface area contributed by atoms with Crippen LogP contribution in [0.2, 0.25) is 0 Å². The fraction of sp³-hybridized carbons (Fsp3) is 0.727. The van der Waals surface area contributed by atoms with E-state index in [0.29, 0.717) is 12.3 Å². The average molecular weight is 562 g/mol. The second-order valence-electron chi connectivity index (χ2n) is 12.3. The monoisotopic (exact) mass is 561 g/mol. The predicted octanol–water partition coefficient (Wildman–Crippen LogP) is 6.22. The van der Waals surface area contributed by atoms with Gasteiger partial charge in [-0.1, -0.05) is 98.1 Å². The maximum atomic E-state index is 13.8. The lowest BCUT2D eigenvalue weighted by Gasteiger charge is -2.51. The van der Waals surface area contributed by atoms with E-state index in [9.17, 15) is 19.5 Å². The van der Waals surface area contributed by atoms with Crippen molar-refractivity contribution in [2.75, 3.05) is 13.2 Å². The highest BCUT2D eigenvalue weighted by atomic mass is 16.6. The number of nitrogens with one attached hydrogen (secondary N) is 1. The van der Waals surface area contributed by atoms with Crippen LogP contribution in [0.15, 0.2) is 30.3 Å². The molecule has 0 aromatic heterocycles. The summed E-state index contributed by atoms with van der Waals surface area (Å²) in [5.74, 6) is -0.675. The molecule has 0 bridgehead atoms. The maximum absolute atomic E-state index is 13.8. The van der Waals surface area contributed by atoms with E-state index in [2.05, 4.69) is 57.3 Å². The lowest BCUT2D eigenvalue weighted by atomic mass is 9.53. The van der Waals surface area contributed by atoms with Gasteiger partial charge in [-0.2, -0.15) is 0 Å². The number of amides is 1. The van der Waals surface area contributed by atoms with Crippen LogP contribution in [0, 0.1) is 16.7 Å². The first-order valence-corrected chi connectivity index (χ1v) is 15.0. The number of carbonyl (C=O) groups is 3. The third-order valence-electron chi connectivity index (χ3n) is 8.93. The van der Waals surface area contributed by atoms with E-state index in [1.807, 2.05) is 26.8 Å². The van der Waals surface area contributed by atoms with Crippen LogP contribution in [0.3, 0.4) is 0 Å². The standard InChI is InChI=1S/C33H55NO6/c1-11-17-23(4)27(26-18-15-14-16-19-26)32(9,20-12-2)31(7,8)30(38)34-21-22-39-33(10,13-3)28(36)25(6)40-29(37)24(5)35/h14-16,18-19,23-25,27,35H,11-13,17,20-22H2,1-10H3,(H,34,38). The number of ketones is 1. The number of rotatable bonds is 18. The van der Waals surface area contributed by atoms with Crippen LogP contribution in [0.5, 0.6) is 0 Å². The van der Waals surface area contributed by atoms with E-state index >= 15 is 0 Å². The lowest BCUT2D eigenvalue weighted by molar-refractivity contribution is -0.169.